The lowest BCUT2D eigenvalue weighted by Gasteiger charge is -1.96. The van der Waals surface area contributed by atoms with E-state index in [1.807, 2.05) is 23.1 Å². The van der Waals surface area contributed by atoms with Crippen LogP contribution in [-0.2, 0) is 7.05 Å². The highest BCUT2D eigenvalue weighted by atomic mass is 79.9. The lowest BCUT2D eigenvalue weighted by Crippen LogP contribution is -1.91. The minimum absolute atomic E-state index is 0.633. The number of hydrogen-bond acceptors (Lipinski definition) is 3. The van der Waals surface area contributed by atoms with Gasteiger partial charge in [0.1, 0.15) is 0 Å². The van der Waals surface area contributed by atoms with Crippen LogP contribution < -0.4 is 0 Å². The zero-order valence-electron chi connectivity index (χ0n) is 6.74. The van der Waals surface area contributed by atoms with Crippen LogP contribution in [0.25, 0.3) is 11.4 Å². The van der Waals surface area contributed by atoms with Gasteiger partial charge in [-0.1, -0.05) is 0 Å². The molecular formula is C7H6BrN3S2. The van der Waals surface area contributed by atoms with Crippen molar-refractivity contribution in [1.82, 2.24) is 14.8 Å². The molecule has 2 rings (SSSR count). The van der Waals surface area contributed by atoms with Crippen molar-refractivity contribution in [2.24, 2.45) is 7.05 Å². The second-order valence-electron chi connectivity index (χ2n) is 2.52. The van der Waals surface area contributed by atoms with E-state index in [1.165, 1.54) is 0 Å². The molecule has 0 atom stereocenters. The maximum Gasteiger partial charge on any atom is 0.195 e. The third kappa shape index (κ3) is 1.49. The lowest BCUT2D eigenvalue weighted by molar-refractivity contribution is 0.902. The second kappa shape index (κ2) is 3.36. The fourth-order valence-electron chi connectivity index (χ4n) is 1.04. The molecule has 6 heteroatoms. The SMILES string of the molecule is Cn1c(-c2ccsc2Br)n[nH]c1=S. The molecule has 0 aliphatic heterocycles. The van der Waals surface area contributed by atoms with Gasteiger partial charge in [-0.25, -0.2) is 0 Å². The quantitative estimate of drug-likeness (QED) is 0.812. The van der Waals surface area contributed by atoms with Crippen LogP contribution in [0.3, 0.4) is 0 Å². The van der Waals surface area contributed by atoms with Gasteiger partial charge in [0.05, 0.1) is 3.79 Å². The highest BCUT2D eigenvalue weighted by molar-refractivity contribution is 9.11. The van der Waals surface area contributed by atoms with Crippen LogP contribution in [0.1, 0.15) is 0 Å². The predicted molar refractivity (Wildman–Crippen MR) is 59.4 cm³/mol. The van der Waals surface area contributed by atoms with Crippen LogP contribution in [0.15, 0.2) is 15.2 Å². The van der Waals surface area contributed by atoms with Crippen molar-refractivity contribution in [3.8, 4) is 11.4 Å². The maximum absolute atomic E-state index is 5.02. The first-order valence-electron chi connectivity index (χ1n) is 3.55. The largest absolute Gasteiger partial charge is 0.303 e. The van der Waals surface area contributed by atoms with Gasteiger partial charge < -0.3 is 4.57 Å². The molecule has 2 heterocycles. The Labute approximate surface area is 92.5 Å². The van der Waals surface area contributed by atoms with E-state index in [4.69, 9.17) is 12.2 Å². The van der Waals surface area contributed by atoms with E-state index in [9.17, 15) is 0 Å². The lowest BCUT2D eigenvalue weighted by atomic mass is 10.3. The molecule has 68 valence electrons. The standard InChI is InChI=1S/C7H6BrN3S2/c1-11-6(9-10-7(11)12)4-2-3-13-5(4)8/h2-3H,1H3,(H,10,12). The van der Waals surface area contributed by atoms with E-state index in [2.05, 4.69) is 26.1 Å². The third-order valence-electron chi connectivity index (χ3n) is 1.74. The average Bonchev–Trinajstić information content (AvgIpc) is 2.62. The summed E-state index contributed by atoms with van der Waals surface area (Å²) in [4.78, 5) is 0. The van der Waals surface area contributed by atoms with Gasteiger partial charge in [0.25, 0.3) is 0 Å². The Morgan fingerprint density at radius 1 is 1.69 bits per heavy atom. The summed E-state index contributed by atoms with van der Waals surface area (Å²) in [6.45, 7) is 0. The van der Waals surface area contributed by atoms with Crippen molar-refractivity contribution < 1.29 is 0 Å². The molecular weight excluding hydrogens is 270 g/mol. The molecule has 13 heavy (non-hydrogen) atoms. The Kier molecular flexibility index (Phi) is 2.35. The molecule has 0 saturated carbocycles. The Morgan fingerprint density at radius 3 is 2.92 bits per heavy atom. The normalized spacial score (nSPS) is 10.6. The van der Waals surface area contributed by atoms with Gasteiger partial charge >= 0.3 is 0 Å². The summed E-state index contributed by atoms with van der Waals surface area (Å²) in [6, 6.07) is 2.01. The van der Waals surface area contributed by atoms with Crippen molar-refractivity contribution in [2.45, 2.75) is 0 Å². The number of halogens is 1. The van der Waals surface area contributed by atoms with E-state index in [0.29, 0.717) is 4.77 Å². The van der Waals surface area contributed by atoms with Gasteiger partial charge in [0.15, 0.2) is 10.6 Å². The first-order valence-corrected chi connectivity index (χ1v) is 5.63. The number of rotatable bonds is 1. The van der Waals surface area contributed by atoms with Crippen molar-refractivity contribution >= 4 is 39.5 Å². The Balaban J connectivity index is 2.65. The summed E-state index contributed by atoms with van der Waals surface area (Å²) in [5.74, 6) is 0.859. The molecule has 0 radical (unpaired) electrons. The minimum atomic E-state index is 0.633. The molecule has 3 nitrogen and oxygen atoms in total. The van der Waals surface area contributed by atoms with Gasteiger partial charge in [0.2, 0.25) is 0 Å². The number of hydrogen-bond donors (Lipinski definition) is 1. The average molecular weight is 276 g/mol. The van der Waals surface area contributed by atoms with Crippen molar-refractivity contribution in [3.63, 3.8) is 0 Å². The Morgan fingerprint density at radius 2 is 2.46 bits per heavy atom. The monoisotopic (exact) mass is 275 g/mol. The van der Waals surface area contributed by atoms with Crippen LogP contribution >= 0.6 is 39.5 Å². The first-order chi connectivity index (χ1) is 6.20. The fourth-order valence-corrected chi connectivity index (χ4v) is 2.42. The van der Waals surface area contributed by atoms with Crippen LogP contribution in [-0.4, -0.2) is 14.8 Å². The highest BCUT2D eigenvalue weighted by Crippen LogP contribution is 2.31. The zero-order chi connectivity index (χ0) is 9.42. The summed E-state index contributed by atoms with van der Waals surface area (Å²) in [5, 5.41) is 8.90. The molecule has 0 spiro atoms. The van der Waals surface area contributed by atoms with E-state index in [-0.39, 0.29) is 0 Å². The molecule has 0 aliphatic carbocycles. The fraction of sp³-hybridized carbons (Fsp3) is 0.143. The zero-order valence-corrected chi connectivity index (χ0v) is 9.96. The van der Waals surface area contributed by atoms with E-state index >= 15 is 0 Å². The molecule has 0 unspecified atom stereocenters. The summed E-state index contributed by atoms with van der Waals surface area (Å²) in [6.07, 6.45) is 0. The number of nitrogens with zero attached hydrogens (tertiary/aromatic N) is 2. The molecule has 0 aliphatic rings. The molecule has 0 fully saturated rings. The smallest absolute Gasteiger partial charge is 0.195 e. The highest BCUT2D eigenvalue weighted by Gasteiger charge is 2.09. The van der Waals surface area contributed by atoms with Crippen LogP contribution in [0.2, 0.25) is 0 Å². The summed E-state index contributed by atoms with van der Waals surface area (Å²) >= 11 is 10.1. The Hall–Kier alpha value is -0.460. The summed E-state index contributed by atoms with van der Waals surface area (Å²) in [5.41, 5.74) is 1.07. The number of aromatic amines is 1. The third-order valence-corrected chi connectivity index (χ3v) is 3.79. The number of H-pyrrole nitrogens is 1. The van der Waals surface area contributed by atoms with E-state index in [0.717, 1.165) is 15.2 Å². The van der Waals surface area contributed by atoms with Crippen molar-refractivity contribution in [3.05, 3.63) is 20.0 Å². The number of thiophene rings is 1. The molecule has 0 saturated heterocycles. The molecule has 0 amide bonds. The van der Waals surface area contributed by atoms with Crippen LogP contribution in [0.5, 0.6) is 0 Å². The second-order valence-corrected chi connectivity index (χ2v) is 5.14. The topological polar surface area (TPSA) is 33.6 Å². The van der Waals surface area contributed by atoms with Gasteiger partial charge in [0, 0.05) is 12.6 Å². The van der Waals surface area contributed by atoms with Crippen molar-refractivity contribution in [1.29, 1.82) is 0 Å². The minimum Gasteiger partial charge on any atom is -0.303 e. The van der Waals surface area contributed by atoms with Crippen LogP contribution in [0, 0.1) is 4.77 Å². The molecule has 2 aromatic rings. The van der Waals surface area contributed by atoms with Crippen molar-refractivity contribution in [2.75, 3.05) is 0 Å². The van der Waals surface area contributed by atoms with E-state index in [1.54, 1.807) is 11.3 Å². The van der Waals surface area contributed by atoms with Crippen LogP contribution in [0.4, 0.5) is 0 Å². The Bertz CT molecular complexity index is 482. The van der Waals surface area contributed by atoms with Gasteiger partial charge in [-0.2, -0.15) is 5.10 Å². The number of nitrogens with one attached hydrogen (secondary N) is 1. The van der Waals surface area contributed by atoms with Gasteiger partial charge in [-0.15, -0.1) is 11.3 Å². The van der Waals surface area contributed by atoms with Gasteiger partial charge in [-0.05, 0) is 39.6 Å². The van der Waals surface area contributed by atoms with E-state index < -0.39 is 0 Å². The number of aromatic nitrogens is 3. The summed E-state index contributed by atoms with van der Waals surface area (Å²) in [7, 11) is 1.89. The molecule has 2 aromatic heterocycles. The maximum atomic E-state index is 5.02. The van der Waals surface area contributed by atoms with Gasteiger partial charge in [-0.3, -0.25) is 5.10 Å². The summed E-state index contributed by atoms with van der Waals surface area (Å²) < 4.78 is 3.56. The molecule has 0 bridgehead atoms. The molecule has 1 N–H and O–H groups in total. The first kappa shape index (κ1) is 9.11. The predicted octanol–water partition coefficient (Wildman–Crippen LogP) is 2.97. The molecule has 0 aromatic carbocycles.